The van der Waals surface area contributed by atoms with E-state index in [-0.39, 0.29) is 5.95 Å². The van der Waals surface area contributed by atoms with Crippen molar-refractivity contribution < 1.29 is 9.47 Å². The number of nitrogens with two attached hydrogens (primary N) is 3. The van der Waals surface area contributed by atoms with Crippen LogP contribution in [-0.2, 0) is 6.42 Å². The van der Waals surface area contributed by atoms with E-state index in [9.17, 15) is 0 Å². The summed E-state index contributed by atoms with van der Waals surface area (Å²) in [6.07, 6.45) is 2.18. The molecular weight excluding hydrogens is 354 g/mol. The first-order valence-electron chi connectivity index (χ1n) is 9.17. The molecule has 0 atom stereocenters. The second kappa shape index (κ2) is 8.47. The van der Waals surface area contributed by atoms with Gasteiger partial charge in [0.15, 0.2) is 0 Å². The summed E-state index contributed by atoms with van der Waals surface area (Å²) in [5, 5.41) is 0. The van der Waals surface area contributed by atoms with E-state index in [1.54, 1.807) is 6.20 Å². The van der Waals surface area contributed by atoms with Gasteiger partial charge in [-0.2, -0.15) is 4.98 Å². The highest BCUT2D eigenvalue weighted by Crippen LogP contribution is 2.40. The van der Waals surface area contributed by atoms with E-state index in [4.69, 9.17) is 26.7 Å². The van der Waals surface area contributed by atoms with Crippen LogP contribution in [0.15, 0.2) is 42.6 Å². The molecule has 0 unspecified atom stereocenters. The van der Waals surface area contributed by atoms with Crippen LogP contribution in [0.3, 0.4) is 0 Å². The van der Waals surface area contributed by atoms with Crippen LogP contribution in [0.1, 0.15) is 25.0 Å². The molecule has 28 heavy (non-hydrogen) atoms. The molecule has 0 radical (unpaired) electrons. The molecule has 6 N–H and O–H groups in total. The molecule has 7 heteroatoms. The number of ether oxygens (including phenoxy) is 2. The van der Waals surface area contributed by atoms with Crippen LogP contribution < -0.4 is 26.7 Å². The summed E-state index contributed by atoms with van der Waals surface area (Å²) in [4.78, 5) is 8.07. The highest BCUT2D eigenvalue weighted by molar-refractivity contribution is 5.78. The highest BCUT2D eigenvalue weighted by atomic mass is 16.5. The molecule has 0 saturated heterocycles. The second-order valence-electron chi connectivity index (χ2n) is 6.27. The number of rotatable bonds is 7. The second-order valence-corrected chi connectivity index (χ2v) is 6.27. The fourth-order valence-corrected chi connectivity index (χ4v) is 3.01. The molecule has 0 aliphatic rings. The molecule has 0 aliphatic heterocycles. The van der Waals surface area contributed by atoms with Crippen LogP contribution in [0.5, 0.6) is 11.5 Å². The van der Waals surface area contributed by atoms with Crippen molar-refractivity contribution in [2.24, 2.45) is 0 Å². The lowest BCUT2D eigenvalue weighted by molar-refractivity contribution is 0.325. The van der Waals surface area contributed by atoms with Crippen LogP contribution >= 0.6 is 0 Å². The monoisotopic (exact) mass is 379 g/mol. The minimum absolute atomic E-state index is 0.157. The van der Waals surface area contributed by atoms with Crippen LogP contribution in [0, 0.1) is 0 Å². The molecule has 0 aliphatic carbocycles. The van der Waals surface area contributed by atoms with Gasteiger partial charge in [-0.1, -0.05) is 12.1 Å². The van der Waals surface area contributed by atoms with E-state index in [0.29, 0.717) is 31.1 Å². The molecule has 0 fully saturated rings. The van der Waals surface area contributed by atoms with Crippen molar-refractivity contribution in [1.82, 2.24) is 9.97 Å². The van der Waals surface area contributed by atoms with Crippen molar-refractivity contribution >= 4 is 17.5 Å². The largest absolute Gasteiger partial charge is 0.493 e. The molecule has 1 aromatic heterocycles. The van der Waals surface area contributed by atoms with Gasteiger partial charge < -0.3 is 26.7 Å². The Hall–Kier alpha value is -3.48. The van der Waals surface area contributed by atoms with Gasteiger partial charge in [-0.25, -0.2) is 4.98 Å². The molecule has 3 aromatic rings. The van der Waals surface area contributed by atoms with Crippen LogP contribution in [0.4, 0.5) is 17.5 Å². The molecule has 0 amide bonds. The molecule has 1 heterocycles. The van der Waals surface area contributed by atoms with Gasteiger partial charge in [-0.15, -0.1) is 0 Å². The Morgan fingerprint density at radius 3 is 2.04 bits per heavy atom. The fraction of sp³-hybridized carbons (Fsp3) is 0.238. The summed E-state index contributed by atoms with van der Waals surface area (Å²) >= 11 is 0. The third kappa shape index (κ3) is 4.25. The molecule has 2 aromatic carbocycles. The molecule has 7 nitrogen and oxygen atoms in total. The Bertz CT molecular complexity index is 931. The first-order chi connectivity index (χ1) is 13.5. The van der Waals surface area contributed by atoms with Crippen molar-refractivity contribution in [2.45, 2.75) is 20.3 Å². The summed E-state index contributed by atoms with van der Waals surface area (Å²) in [6.45, 7) is 4.96. The van der Waals surface area contributed by atoms with Gasteiger partial charge in [0.1, 0.15) is 17.3 Å². The number of anilines is 3. The quantitative estimate of drug-likeness (QED) is 0.538. The summed E-state index contributed by atoms with van der Waals surface area (Å²) in [7, 11) is 0. The molecular formula is C21H25N5O2. The molecule has 3 rings (SSSR count). The van der Waals surface area contributed by atoms with E-state index >= 15 is 0 Å². The third-order valence-corrected chi connectivity index (χ3v) is 4.24. The van der Waals surface area contributed by atoms with Gasteiger partial charge in [0, 0.05) is 23.9 Å². The summed E-state index contributed by atoms with van der Waals surface area (Å²) in [5.41, 5.74) is 21.8. The molecule has 146 valence electrons. The van der Waals surface area contributed by atoms with E-state index < -0.39 is 0 Å². The summed E-state index contributed by atoms with van der Waals surface area (Å²) < 4.78 is 11.9. The average molecular weight is 379 g/mol. The Kier molecular flexibility index (Phi) is 5.84. The van der Waals surface area contributed by atoms with E-state index in [1.165, 1.54) is 0 Å². The lowest BCUT2D eigenvalue weighted by Crippen LogP contribution is -2.05. The van der Waals surface area contributed by atoms with E-state index in [0.717, 1.165) is 33.8 Å². The minimum Gasteiger partial charge on any atom is -0.493 e. The maximum atomic E-state index is 5.99. The third-order valence-electron chi connectivity index (χ3n) is 4.24. The van der Waals surface area contributed by atoms with Crippen molar-refractivity contribution in [1.29, 1.82) is 0 Å². The number of hydrogen-bond acceptors (Lipinski definition) is 7. The highest BCUT2D eigenvalue weighted by Gasteiger charge is 2.17. The zero-order valence-electron chi connectivity index (χ0n) is 16.1. The van der Waals surface area contributed by atoms with Crippen molar-refractivity contribution in [3.8, 4) is 22.6 Å². The van der Waals surface area contributed by atoms with Gasteiger partial charge >= 0.3 is 0 Å². The summed E-state index contributed by atoms with van der Waals surface area (Å²) in [5.74, 6) is 2.00. The van der Waals surface area contributed by atoms with Gasteiger partial charge in [0.25, 0.3) is 0 Å². The van der Waals surface area contributed by atoms with Gasteiger partial charge in [0.05, 0.1) is 18.8 Å². The lowest BCUT2D eigenvalue weighted by Gasteiger charge is -2.18. The maximum absolute atomic E-state index is 5.99. The van der Waals surface area contributed by atoms with Crippen LogP contribution in [-0.4, -0.2) is 23.2 Å². The zero-order chi connectivity index (χ0) is 20.1. The first-order valence-corrected chi connectivity index (χ1v) is 9.17. The predicted octanol–water partition coefficient (Wildman–Crippen LogP) is 3.28. The molecule has 0 saturated carbocycles. The number of nitrogen functional groups attached to an aromatic ring is 3. The maximum Gasteiger partial charge on any atom is 0.221 e. The smallest absolute Gasteiger partial charge is 0.221 e. The van der Waals surface area contributed by atoms with Crippen molar-refractivity contribution in [3.63, 3.8) is 0 Å². The average Bonchev–Trinajstić information content (AvgIpc) is 2.66. The first kappa shape index (κ1) is 19.3. The molecule has 0 spiro atoms. The Morgan fingerprint density at radius 1 is 0.893 bits per heavy atom. The Labute approximate surface area is 164 Å². The topological polar surface area (TPSA) is 122 Å². The van der Waals surface area contributed by atoms with E-state index in [1.807, 2.05) is 50.2 Å². The number of benzene rings is 2. The zero-order valence-corrected chi connectivity index (χ0v) is 16.1. The normalized spacial score (nSPS) is 10.6. The number of nitrogens with zero attached hydrogens (tertiary/aromatic N) is 2. The number of hydrogen-bond donors (Lipinski definition) is 3. The standard InChI is InChI=1S/C21H25N5O2/c1-3-27-17-10-13(9-15-12-25-21(24)26-20(15)23)11-18(28-4-2)19(17)14-5-7-16(22)8-6-14/h5-8,10-12H,3-4,9,22H2,1-2H3,(H4,23,24,25,26). The van der Waals surface area contributed by atoms with Crippen LogP contribution in [0.2, 0.25) is 0 Å². The van der Waals surface area contributed by atoms with Crippen molar-refractivity contribution in [3.05, 3.63) is 53.7 Å². The van der Waals surface area contributed by atoms with Gasteiger partial charge in [-0.3, -0.25) is 0 Å². The fourth-order valence-electron chi connectivity index (χ4n) is 3.01. The predicted molar refractivity (Wildman–Crippen MR) is 112 cm³/mol. The lowest BCUT2D eigenvalue weighted by atomic mass is 9.98. The van der Waals surface area contributed by atoms with Crippen molar-refractivity contribution in [2.75, 3.05) is 30.4 Å². The minimum atomic E-state index is 0.157. The van der Waals surface area contributed by atoms with Crippen LogP contribution in [0.25, 0.3) is 11.1 Å². The van der Waals surface area contributed by atoms with Gasteiger partial charge in [0.2, 0.25) is 5.95 Å². The summed E-state index contributed by atoms with van der Waals surface area (Å²) in [6, 6.07) is 11.6. The van der Waals surface area contributed by atoms with Gasteiger partial charge in [-0.05, 0) is 49.2 Å². The Balaban J connectivity index is 2.08. The number of aromatic nitrogens is 2. The Morgan fingerprint density at radius 2 is 1.50 bits per heavy atom. The molecule has 0 bridgehead atoms. The van der Waals surface area contributed by atoms with E-state index in [2.05, 4.69) is 9.97 Å². The SMILES string of the molecule is CCOc1cc(Cc2cnc(N)nc2N)cc(OCC)c1-c1ccc(N)cc1.